The summed E-state index contributed by atoms with van der Waals surface area (Å²) in [4.78, 5) is 0. The van der Waals surface area contributed by atoms with Crippen LogP contribution in [0.1, 0.15) is 5.76 Å². The summed E-state index contributed by atoms with van der Waals surface area (Å²) < 4.78 is 44.3. The van der Waals surface area contributed by atoms with Crippen molar-refractivity contribution in [3.8, 4) is 0 Å². The second-order valence-corrected chi connectivity index (χ2v) is 5.61. The Morgan fingerprint density at radius 1 is 1.32 bits per heavy atom. The Kier molecular flexibility index (Phi) is 3.79. The van der Waals surface area contributed by atoms with Gasteiger partial charge in [0.25, 0.3) is 10.0 Å². The normalized spacial score (nSPS) is 11.5. The molecule has 2 rings (SSSR count). The zero-order valence-corrected chi connectivity index (χ0v) is 11.0. The van der Waals surface area contributed by atoms with Crippen LogP contribution < -0.4 is 4.72 Å². The summed E-state index contributed by atoms with van der Waals surface area (Å²) in [5, 5.41) is 8.18. The summed E-state index contributed by atoms with van der Waals surface area (Å²) in [6.07, 6.45) is 0. The van der Waals surface area contributed by atoms with Gasteiger partial charge >= 0.3 is 0 Å². The van der Waals surface area contributed by atoms with Crippen LogP contribution in [0.4, 0.5) is 10.1 Å². The van der Waals surface area contributed by atoms with Crippen LogP contribution in [0.3, 0.4) is 0 Å². The molecule has 0 unspecified atom stereocenters. The van der Waals surface area contributed by atoms with E-state index in [9.17, 15) is 12.8 Å². The predicted octanol–water partition coefficient (Wildman–Crippen LogP) is 2.37. The standard InChI is InChI=1S/C11H9ClFNO4S/c12-8-2-1-3-9(11(8)13)14-19(16,17)10-5-4-7(6-15)18-10/h1-5,14-15H,6H2. The number of aliphatic hydroxyl groups is 1. The second kappa shape index (κ2) is 5.20. The molecule has 0 spiro atoms. The van der Waals surface area contributed by atoms with E-state index in [1.54, 1.807) is 0 Å². The Morgan fingerprint density at radius 3 is 2.68 bits per heavy atom. The van der Waals surface area contributed by atoms with Crippen molar-refractivity contribution in [2.45, 2.75) is 11.7 Å². The van der Waals surface area contributed by atoms with E-state index < -0.39 is 27.5 Å². The van der Waals surface area contributed by atoms with Gasteiger partial charge in [0.1, 0.15) is 12.4 Å². The topological polar surface area (TPSA) is 79.5 Å². The maximum atomic E-state index is 13.6. The van der Waals surface area contributed by atoms with Crippen LogP contribution in [0.15, 0.2) is 39.8 Å². The number of halogens is 2. The second-order valence-electron chi connectivity index (χ2n) is 3.59. The Bertz CT molecular complexity index is 698. The van der Waals surface area contributed by atoms with Crippen LogP contribution >= 0.6 is 11.6 Å². The van der Waals surface area contributed by atoms with Gasteiger partial charge in [0.2, 0.25) is 5.09 Å². The van der Waals surface area contributed by atoms with E-state index in [4.69, 9.17) is 21.1 Å². The SMILES string of the molecule is O=S(=O)(Nc1cccc(Cl)c1F)c1ccc(CO)o1. The summed E-state index contributed by atoms with van der Waals surface area (Å²) >= 11 is 5.55. The lowest BCUT2D eigenvalue weighted by Gasteiger charge is -2.07. The summed E-state index contributed by atoms with van der Waals surface area (Å²) in [6.45, 7) is -0.430. The first-order valence-electron chi connectivity index (χ1n) is 5.10. The van der Waals surface area contributed by atoms with E-state index in [2.05, 4.69) is 0 Å². The van der Waals surface area contributed by atoms with Gasteiger partial charge in [0, 0.05) is 0 Å². The van der Waals surface area contributed by atoms with E-state index in [0.29, 0.717) is 0 Å². The number of benzene rings is 1. The van der Waals surface area contributed by atoms with Gasteiger partial charge in [-0.25, -0.2) is 4.39 Å². The van der Waals surface area contributed by atoms with Gasteiger partial charge in [-0.1, -0.05) is 17.7 Å². The van der Waals surface area contributed by atoms with Crippen LogP contribution in [0, 0.1) is 5.82 Å². The Labute approximate surface area is 113 Å². The number of hydrogen-bond donors (Lipinski definition) is 2. The molecule has 0 amide bonds. The highest BCUT2D eigenvalue weighted by molar-refractivity contribution is 7.92. The van der Waals surface area contributed by atoms with Crippen molar-refractivity contribution in [2.75, 3.05) is 4.72 Å². The van der Waals surface area contributed by atoms with Crippen LogP contribution in [0.5, 0.6) is 0 Å². The predicted molar refractivity (Wildman–Crippen MR) is 66.8 cm³/mol. The fraction of sp³-hybridized carbons (Fsp3) is 0.0909. The highest BCUT2D eigenvalue weighted by Crippen LogP contribution is 2.25. The van der Waals surface area contributed by atoms with Crippen molar-refractivity contribution in [2.24, 2.45) is 0 Å². The smallest absolute Gasteiger partial charge is 0.295 e. The molecule has 0 bridgehead atoms. The van der Waals surface area contributed by atoms with Crippen molar-refractivity contribution in [1.82, 2.24) is 0 Å². The third-order valence-corrected chi connectivity index (χ3v) is 3.78. The van der Waals surface area contributed by atoms with E-state index in [-0.39, 0.29) is 16.5 Å². The van der Waals surface area contributed by atoms with Crippen molar-refractivity contribution in [1.29, 1.82) is 0 Å². The molecule has 19 heavy (non-hydrogen) atoms. The minimum Gasteiger partial charge on any atom is -0.445 e. The fourth-order valence-electron chi connectivity index (χ4n) is 1.37. The number of nitrogens with one attached hydrogen (secondary N) is 1. The largest absolute Gasteiger partial charge is 0.445 e. The third-order valence-electron chi connectivity index (χ3n) is 2.25. The van der Waals surface area contributed by atoms with Gasteiger partial charge in [-0.15, -0.1) is 0 Å². The van der Waals surface area contributed by atoms with E-state index in [1.807, 2.05) is 4.72 Å². The maximum Gasteiger partial charge on any atom is 0.295 e. The number of aliphatic hydroxyl groups excluding tert-OH is 1. The fourth-order valence-corrected chi connectivity index (χ4v) is 2.55. The summed E-state index contributed by atoms with van der Waals surface area (Å²) in [7, 11) is -4.07. The van der Waals surface area contributed by atoms with Crippen LogP contribution in [-0.4, -0.2) is 13.5 Å². The van der Waals surface area contributed by atoms with Crippen molar-refractivity contribution < 1.29 is 22.3 Å². The molecule has 0 aliphatic rings. The molecule has 5 nitrogen and oxygen atoms in total. The number of rotatable bonds is 4. The minimum atomic E-state index is -4.07. The van der Waals surface area contributed by atoms with Gasteiger partial charge < -0.3 is 9.52 Å². The first kappa shape index (κ1) is 13.9. The quantitative estimate of drug-likeness (QED) is 0.909. The molecule has 102 valence electrons. The molecule has 2 N–H and O–H groups in total. The molecule has 1 heterocycles. The Hall–Kier alpha value is -1.57. The molecular weight excluding hydrogens is 297 g/mol. The zero-order valence-electron chi connectivity index (χ0n) is 9.43. The highest BCUT2D eigenvalue weighted by atomic mass is 35.5. The van der Waals surface area contributed by atoms with Crippen LogP contribution in [0.2, 0.25) is 5.02 Å². The summed E-state index contributed by atoms with van der Waals surface area (Å²) in [5.74, 6) is -0.784. The average molecular weight is 306 g/mol. The molecule has 2 aromatic rings. The molecule has 0 saturated carbocycles. The minimum absolute atomic E-state index is 0.0898. The van der Waals surface area contributed by atoms with Crippen LogP contribution in [-0.2, 0) is 16.6 Å². The van der Waals surface area contributed by atoms with Gasteiger partial charge in [-0.05, 0) is 24.3 Å². The summed E-state index contributed by atoms with van der Waals surface area (Å²) in [5.41, 5.74) is -0.283. The average Bonchev–Trinajstić information content (AvgIpc) is 2.84. The van der Waals surface area contributed by atoms with Gasteiger partial charge in [0.05, 0.1) is 10.7 Å². The van der Waals surface area contributed by atoms with Gasteiger partial charge in [0.15, 0.2) is 5.82 Å². The van der Waals surface area contributed by atoms with Crippen LogP contribution in [0.25, 0.3) is 0 Å². The molecule has 8 heteroatoms. The number of anilines is 1. The van der Waals surface area contributed by atoms with E-state index >= 15 is 0 Å². The molecule has 0 atom stereocenters. The molecular formula is C11H9ClFNO4S. The highest BCUT2D eigenvalue weighted by Gasteiger charge is 2.21. The zero-order chi connectivity index (χ0) is 14.0. The molecule has 1 aromatic carbocycles. The lowest BCUT2D eigenvalue weighted by atomic mass is 10.3. The molecule has 0 radical (unpaired) electrons. The first-order chi connectivity index (χ1) is 8.94. The van der Waals surface area contributed by atoms with Gasteiger partial charge in [-0.2, -0.15) is 8.42 Å². The third kappa shape index (κ3) is 2.89. The molecule has 1 aromatic heterocycles. The molecule has 0 fully saturated rings. The van der Waals surface area contributed by atoms with Crippen molar-refractivity contribution >= 4 is 27.3 Å². The summed E-state index contributed by atoms with van der Waals surface area (Å²) in [6, 6.07) is 6.41. The lowest BCUT2D eigenvalue weighted by Crippen LogP contribution is -2.13. The molecule has 0 aliphatic carbocycles. The van der Waals surface area contributed by atoms with Gasteiger partial charge in [-0.3, -0.25) is 4.72 Å². The monoisotopic (exact) mass is 305 g/mol. The first-order valence-corrected chi connectivity index (χ1v) is 6.96. The Balaban J connectivity index is 2.33. The van der Waals surface area contributed by atoms with E-state index in [0.717, 1.165) is 6.07 Å². The number of sulfonamides is 1. The van der Waals surface area contributed by atoms with Crippen molar-refractivity contribution in [3.63, 3.8) is 0 Å². The molecule has 0 saturated heterocycles. The van der Waals surface area contributed by atoms with Crippen molar-refractivity contribution in [3.05, 3.63) is 46.9 Å². The molecule has 0 aliphatic heterocycles. The number of hydrogen-bond acceptors (Lipinski definition) is 4. The maximum absolute atomic E-state index is 13.6. The number of furan rings is 1. The Morgan fingerprint density at radius 2 is 2.05 bits per heavy atom. The lowest BCUT2D eigenvalue weighted by molar-refractivity contribution is 0.236. The van der Waals surface area contributed by atoms with E-state index in [1.165, 1.54) is 24.3 Å².